The number of methoxy groups -OCH3 is 1. The number of carbonyl (C=O) groups is 1. The lowest BCUT2D eigenvalue weighted by Gasteiger charge is -2.36. The van der Waals surface area contributed by atoms with Gasteiger partial charge < -0.3 is 9.64 Å². The van der Waals surface area contributed by atoms with E-state index in [0.29, 0.717) is 17.5 Å². The number of piperidine rings is 1. The van der Waals surface area contributed by atoms with Gasteiger partial charge in [0.2, 0.25) is 0 Å². The second kappa shape index (κ2) is 8.48. The zero-order valence-electron chi connectivity index (χ0n) is 17.1. The molecule has 1 aliphatic carbocycles. The molecule has 1 heterocycles. The Kier molecular flexibility index (Phi) is 5.82. The van der Waals surface area contributed by atoms with Gasteiger partial charge in [0.15, 0.2) is 0 Å². The molecule has 2 atom stereocenters. The van der Waals surface area contributed by atoms with Crippen LogP contribution in [0.25, 0.3) is 0 Å². The number of aryl methyl sites for hydroxylation is 1. The van der Waals surface area contributed by atoms with Crippen molar-refractivity contribution in [3.8, 4) is 0 Å². The Labute approximate surface area is 168 Å². The molecule has 3 nitrogen and oxygen atoms in total. The normalized spacial score (nSPS) is 23.6. The van der Waals surface area contributed by atoms with E-state index < -0.39 is 0 Å². The molecule has 2 aromatic carbocycles. The molecule has 2 fully saturated rings. The van der Waals surface area contributed by atoms with Crippen LogP contribution in [0.3, 0.4) is 0 Å². The molecule has 1 saturated heterocycles. The summed E-state index contributed by atoms with van der Waals surface area (Å²) >= 11 is 0. The number of likely N-dealkylation sites (tertiary alicyclic amines) is 1. The van der Waals surface area contributed by atoms with Crippen LogP contribution >= 0.6 is 0 Å². The first-order chi connectivity index (χ1) is 13.7. The minimum atomic E-state index is -0.250. The van der Waals surface area contributed by atoms with Crippen molar-refractivity contribution in [1.82, 2.24) is 4.90 Å². The fourth-order valence-corrected chi connectivity index (χ4v) is 5.27. The summed E-state index contributed by atoms with van der Waals surface area (Å²) in [6.45, 7) is 4.56. The maximum absolute atomic E-state index is 11.8. The molecule has 148 valence electrons. The Balaban J connectivity index is 1.35. The maximum Gasteiger partial charge on any atom is 0.337 e. The monoisotopic (exact) mass is 377 g/mol. The molecule has 2 aliphatic rings. The van der Waals surface area contributed by atoms with Gasteiger partial charge in [0.1, 0.15) is 0 Å². The number of hydrogen-bond acceptors (Lipinski definition) is 3. The highest BCUT2D eigenvalue weighted by molar-refractivity contribution is 5.89. The Morgan fingerprint density at radius 1 is 0.964 bits per heavy atom. The van der Waals surface area contributed by atoms with E-state index in [1.54, 1.807) is 0 Å². The van der Waals surface area contributed by atoms with Crippen molar-refractivity contribution in [3.63, 3.8) is 0 Å². The van der Waals surface area contributed by atoms with Gasteiger partial charge in [-0.05, 0) is 92.8 Å². The summed E-state index contributed by atoms with van der Waals surface area (Å²) < 4.78 is 4.85. The smallest absolute Gasteiger partial charge is 0.337 e. The molecule has 0 radical (unpaired) electrons. The number of ether oxygens (including phenoxy) is 1. The Bertz CT molecular complexity index is 809. The number of esters is 1. The molecular weight excluding hydrogens is 346 g/mol. The highest BCUT2D eigenvalue weighted by atomic mass is 16.5. The topological polar surface area (TPSA) is 29.5 Å². The van der Waals surface area contributed by atoms with Gasteiger partial charge in [0.05, 0.1) is 12.7 Å². The third-order valence-electron chi connectivity index (χ3n) is 6.85. The van der Waals surface area contributed by atoms with Gasteiger partial charge >= 0.3 is 5.97 Å². The van der Waals surface area contributed by atoms with Gasteiger partial charge in [-0.3, -0.25) is 0 Å². The van der Waals surface area contributed by atoms with E-state index >= 15 is 0 Å². The molecule has 1 aliphatic heterocycles. The molecule has 3 heteroatoms. The van der Waals surface area contributed by atoms with Crippen LogP contribution in [0.15, 0.2) is 48.5 Å². The standard InChI is InChI=1S/C25H31NO2/c1-18-16-22(25(27)28-2)9-11-24(18)21-8-10-23(17-21)26-14-12-20(13-15-26)19-6-4-3-5-7-19/h3-7,9,11,16,20-21,23H,8,10,12-15,17H2,1-2H3. The van der Waals surface area contributed by atoms with Gasteiger partial charge in [-0.25, -0.2) is 4.79 Å². The SMILES string of the molecule is COC(=O)c1ccc(C2CCC(N3CCC(c4ccccc4)CC3)C2)c(C)c1. The number of hydrogen-bond donors (Lipinski definition) is 0. The first-order valence-corrected chi connectivity index (χ1v) is 10.6. The van der Waals surface area contributed by atoms with E-state index in [-0.39, 0.29) is 5.97 Å². The first kappa shape index (κ1) is 19.2. The summed E-state index contributed by atoms with van der Waals surface area (Å²) in [5.41, 5.74) is 4.79. The third kappa shape index (κ3) is 4.00. The van der Waals surface area contributed by atoms with Crippen LogP contribution in [-0.2, 0) is 4.74 Å². The molecule has 2 aromatic rings. The van der Waals surface area contributed by atoms with Crippen LogP contribution < -0.4 is 0 Å². The van der Waals surface area contributed by atoms with Crippen molar-refractivity contribution < 1.29 is 9.53 Å². The van der Waals surface area contributed by atoms with Crippen molar-refractivity contribution in [3.05, 3.63) is 70.8 Å². The lowest BCUT2D eigenvalue weighted by molar-refractivity contribution is 0.0600. The summed E-state index contributed by atoms with van der Waals surface area (Å²) in [5, 5.41) is 0. The molecule has 2 unspecified atom stereocenters. The average Bonchev–Trinajstić information content (AvgIpc) is 3.23. The van der Waals surface area contributed by atoms with Gasteiger partial charge in [0.25, 0.3) is 0 Å². The summed E-state index contributed by atoms with van der Waals surface area (Å²) in [5.74, 6) is 1.09. The molecule has 0 spiro atoms. The van der Waals surface area contributed by atoms with Crippen molar-refractivity contribution in [1.29, 1.82) is 0 Å². The highest BCUT2D eigenvalue weighted by Crippen LogP contribution is 2.40. The van der Waals surface area contributed by atoms with Gasteiger partial charge in [-0.15, -0.1) is 0 Å². The van der Waals surface area contributed by atoms with Crippen molar-refractivity contribution >= 4 is 5.97 Å². The molecule has 4 rings (SSSR count). The van der Waals surface area contributed by atoms with Gasteiger partial charge in [-0.2, -0.15) is 0 Å². The van der Waals surface area contributed by atoms with E-state index in [1.807, 2.05) is 12.1 Å². The molecular formula is C25H31NO2. The quantitative estimate of drug-likeness (QED) is 0.678. The van der Waals surface area contributed by atoms with E-state index in [1.165, 1.54) is 69.0 Å². The zero-order chi connectivity index (χ0) is 19.5. The second-order valence-electron chi connectivity index (χ2n) is 8.45. The fourth-order valence-electron chi connectivity index (χ4n) is 5.27. The van der Waals surface area contributed by atoms with E-state index in [4.69, 9.17) is 4.74 Å². The number of nitrogens with zero attached hydrogens (tertiary/aromatic N) is 1. The summed E-state index contributed by atoms with van der Waals surface area (Å²) in [6, 6.07) is 17.8. The van der Waals surface area contributed by atoms with Crippen LogP contribution in [0.4, 0.5) is 0 Å². The van der Waals surface area contributed by atoms with Crippen molar-refractivity contribution in [2.45, 2.75) is 56.9 Å². The molecule has 0 bridgehead atoms. The van der Waals surface area contributed by atoms with Gasteiger partial charge in [-0.1, -0.05) is 36.4 Å². The highest BCUT2D eigenvalue weighted by Gasteiger charge is 2.33. The lowest BCUT2D eigenvalue weighted by atomic mass is 9.88. The van der Waals surface area contributed by atoms with Crippen LogP contribution in [-0.4, -0.2) is 37.1 Å². The van der Waals surface area contributed by atoms with Crippen LogP contribution in [0.1, 0.15) is 71.0 Å². The van der Waals surface area contributed by atoms with Crippen molar-refractivity contribution in [2.24, 2.45) is 0 Å². The largest absolute Gasteiger partial charge is 0.465 e. The molecule has 0 amide bonds. The van der Waals surface area contributed by atoms with E-state index in [2.05, 4.69) is 48.2 Å². The number of carbonyl (C=O) groups excluding carboxylic acids is 1. The van der Waals surface area contributed by atoms with Gasteiger partial charge in [0, 0.05) is 6.04 Å². The number of rotatable bonds is 4. The number of benzene rings is 2. The third-order valence-corrected chi connectivity index (χ3v) is 6.85. The second-order valence-corrected chi connectivity index (χ2v) is 8.45. The average molecular weight is 378 g/mol. The molecule has 1 saturated carbocycles. The maximum atomic E-state index is 11.8. The lowest BCUT2D eigenvalue weighted by Crippen LogP contribution is -2.39. The van der Waals surface area contributed by atoms with E-state index in [9.17, 15) is 4.79 Å². The van der Waals surface area contributed by atoms with Crippen LogP contribution in [0.5, 0.6) is 0 Å². The van der Waals surface area contributed by atoms with Crippen molar-refractivity contribution in [2.75, 3.05) is 20.2 Å². The van der Waals surface area contributed by atoms with Crippen LogP contribution in [0, 0.1) is 6.92 Å². The Morgan fingerprint density at radius 2 is 1.71 bits per heavy atom. The summed E-state index contributed by atoms with van der Waals surface area (Å²) in [4.78, 5) is 14.5. The Hall–Kier alpha value is -2.13. The zero-order valence-corrected chi connectivity index (χ0v) is 17.1. The summed E-state index contributed by atoms with van der Waals surface area (Å²) in [6.07, 6.45) is 6.34. The molecule has 0 N–H and O–H groups in total. The summed E-state index contributed by atoms with van der Waals surface area (Å²) in [7, 11) is 1.44. The Morgan fingerprint density at radius 3 is 2.39 bits per heavy atom. The van der Waals surface area contributed by atoms with Crippen LogP contribution in [0.2, 0.25) is 0 Å². The predicted octanol–water partition coefficient (Wildman–Crippen LogP) is 5.30. The molecule has 0 aromatic heterocycles. The minimum absolute atomic E-state index is 0.250. The molecule has 28 heavy (non-hydrogen) atoms. The van der Waals surface area contributed by atoms with E-state index in [0.717, 1.165) is 5.92 Å². The predicted molar refractivity (Wildman–Crippen MR) is 113 cm³/mol. The fraction of sp³-hybridized carbons (Fsp3) is 0.480. The first-order valence-electron chi connectivity index (χ1n) is 10.6. The minimum Gasteiger partial charge on any atom is -0.465 e.